The highest BCUT2D eigenvalue weighted by atomic mass is 19.4. The molecule has 21 heavy (non-hydrogen) atoms. The van der Waals surface area contributed by atoms with Crippen LogP contribution in [0.25, 0.3) is 11.5 Å². The van der Waals surface area contributed by atoms with Gasteiger partial charge in [-0.25, -0.2) is 9.67 Å². The molecular weight excluding hydrogens is 285 g/mol. The maximum absolute atomic E-state index is 12.8. The van der Waals surface area contributed by atoms with Gasteiger partial charge in [-0.05, 0) is 18.6 Å². The Morgan fingerprint density at radius 1 is 1.29 bits per heavy atom. The number of nitrogens with two attached hydrogens (primary N) is 1. The number of hydrogen-bond donors (Lipinski definition) is 1. The normalized spacial score (nSPS) is 18.6. The molecule has 1 unspecified atom stereocenters. The van der Waals surface area contributed by atoms with Crippen molar-refractivity contribution in [1.29, 1.82) is 0 Å². The van der Waals surface area contributed by atoms with E-state index in [2.05, 4.69) is 20.3 Å². The molecule has 9 heteroatoms. The van der Waals surface area contributed by atoms with E-state index < -0.39 is 12.1 Å². The van der Waals surface area contributed by atoms with Gasteiger partial charge in [-0.15, -0.1) is 10.2 Å². The monoisotopic (exact) mass is 298 g/mol. The third-order valence-electron chi connectivity index (χ3n) is 3.49. The molecule has 0 radical (unpaired) electrons. The third-order valence-corrected chi connectivity index (χ3v) is 3.49. The van der Waals surface area contributed by atoms with E-state index in [0.717, 1.165) is 0 Å². The summed E-state index contributed by atoms with van der Waals surface area (Å²) in [7, 11) is 0. The fourth-order valence-electron chi connectivity index (χ4n) is 2.28. The van der Waals surface area contributed by atoms with Gasteiger partial charge in [0.05, 0.1) is 11.6 Å². The highest BCUT2D eigenvalue weighted by molar-refractivity contribution is 5.47. The van der Waals surface area contributed by atoms with Gasteiger partial charge < -0.3 is 5.73 Å². The molecule has 0 saturated carbocycles. The predicted molar refractivity (Wildman–Crippen MR) is 66.8 cm³/mol. The van der Waals surface area contributed by atoms with Gasteiger partial charge >= 0.3 is 6.18 Å². The second-order valence-electron chi connectivity index (χ2n) is 4.92. The molecule has 0 fully saturated rings. The molecule has 1 aliphatic rings. The van der Waals surface area contributed by atoms with Gasteiger partial charge in [0.1, 0.15) is 11.5 Å². The third kappa shape index (κ3) is 2.73. The Labute approximate surface area is 118 Å². The molecule has 0 aromatic carbocycles. The van der Waals surface area contributed by atoms with Crippen LogP contribution in [0.2, 0.25) is 0 Å². The van der Waals surface area contributed by atoms with Crippen LogP contribution in [0.4, 0.5) is 13.2 Å². The lowest BCUT2D eigenvalue weighted by Crippen LogP contribution is -2.31. The molecule has 112 valence electrons. The van der Waals surface area contributed by atoms with Crippen LogP contribution in [0.1, 0.15) is 17.9 Å². The quantitative estimate of drug-likeness (QED) is 0.904. The van der Waals surface area contributed by atoms with Crippen LogP contribution >= 0.6 is 0 Å². The molecule has 0 bridgehead atoms. The van der Waals surface area contributed by atoms with E-state index >= 15 is 0 Å². The number of rotatable bonds is 2. The van der Waals surface area contributed by atoms with E-state index in [1.165, 1.54) is 4.68 Å². The number of fused-ring (bicyclic) bond motifs is 1. The molecule has 2 aromatic rings. The van der Waals surface area contributed by atoms with Gasteiger partial charge in [0.25, 0.3) is 0 Å². The van der Waals surface area contributed by atoms with Gasteiger partial charge in [0, 0.05) is 19.5 Å². The topological polar surface area (TPSA) is 82.5 Å². The van der Waals surface area contributed by atoms with Crippen LogP contribution in [-0.2, 0) is 19.5 Å². The average Bonchev–Trinajstić information content (AvgIpc) is 2.89. The Hall–Kier alpha value is -2.03. The van der Waals surface area contributed by atoms with Crippen molar-refractivity contribution in [2.24, 2.45) is 11.7 Å². The van der Waals surface area contributed by atoms with E-state index in [0.29, 0.717) is 23.0 Å². The zero-order chi connectivity index (χ0) is 15.0. The van der Waals surface area contributed by atoms with Gasteiger partial charge in [-0.3, -0.25) is 0 Å². The first-order chi connectivity index (χ1) is 9.97. The fourth-order valence-corrected chi connectivity index (χ4v) is 2.28. The second-order valence-corrected chi connectivity index (χ2v) is 4.92. The largest absolute Gasteiger partial charge is 0.392 e. The summed E-state index contributed by atoms with van der Waals surface area (Å²) in [5.41, 5.74) is 6.48. The molecule has 0 amide bonds. The summed E-state index contributed by atoms with van der Waals surface area (Å²) in [4.78, 5) is 4.16. The first kappa shape index (κ1) is 13.9. The molecule has 6 nitrogen and oxygen atoms in total. The Kier molecular flexibility index (Phi) is 3.36. The number of aromatic nitrogens is 5. The number of nitrogens with zero attached hydrogens (tertiary/aromatic N) is 5. The molecule has 2 N–H and O–H groups in total. The summed E-state index contributed by atoms with van der Waals surface area (Å²) in [6.07, 6.45) is -4.32. The van der Waals surface area contributed by atoms with Crippen molar-refractivity contribution in [3.63, 3.8) is 0 Å². The molecule has 0 aliphatic carbocycles. The summed E-state index contributed by atoms with van der Waals surface area (Å²) in [5.74, 6) is -0.722. The zero-order valence-corrected chi connectivity index (χ0v) is 11.0. The molecule has 2 aromatic heterocycles. The fraction of sp³-hybridized carbons (Fsp3) is 0.500. The zero-order valence-electron chi connectivity index (χ0n) is 11.0. The summed E-state index contributed by atoms with van der Waals surface area (Å²) in [6.45, 7) is 0.481. The Morgan fingerprint density at radius 2 is 2.10 bits per heavy atom. The standard InChI is InChI=1S/C12H13F3N6/c13-12(14,15)7-3-4-21-10(5-7)17-11(20-21)9-2-1-8(6-16)18-19-9/h1-2,7H,3-6,16H2. The number of aryl methyl sites for hydroxylation is 1. The van der Waals surface area contributed by atoms with Gasteiger partial charge in [-0.1, -0.05) is 0 Å². The second kappa shape index (κ2) is 5.06. The highest BCUT2D eigenvalue weighted by Crippen LogP contribution is 2.34. The first-order valence-corrected chi connectivity index (χ1v) is 6.51. The Bertz CT molecular complexity index is 633. The lowest BCUT2D eigenvalue weighted by molar-refractivity contribution is -0.179. The van der Waals surface area contributed by atoms with Crippen molar-refractivity contribution < 1.29 is 13.2 Å². The van der Waals surface area contributed by atoms with Crippen molar-refractivity contribution in [1.82, 2.24) is 25.0 Å². The molecule has 1 atom stereocenters. The number of alkyl halides is 3. The van der Waals surface area contributed by atoms with Crippen molar-refractivity contribution in [3.05, 3.63) is 23.7 Å². The van der Waals surface area contributed by atoms with E-state index in [9.17, 15) is 13.2 Å². The minimum absolute atomic E-state index is 0.0249. The van der Waals surface area contributed by atoms with Crippen molar-refractivity contribution >= 4 is 0 Å². The van der Waals surface area contributed by atoms with E-state index in [1.807, 2.05) is 0 Å². The smallest absolute Gasteiger partial charge is 0.325 e. The van der Waals surface area contributed by atoms with E-state index in [-0.39, 0.29) is 25.9 Å². The van der Waals surface area contributed by atoms with Crippen molar-refractivity contribution in [2.45, 2.75) is 32.1 Å². The first-order valence-electron chi connectivity index (χ1n) is 6.51. The predicted octanol–water partition coefficient (Wildman–Crippen LogP) is 1.32. The van der Waals surface area contributed by atoms with E-state index in [4.69, 9.17) is 5.73 Å². The molecule has 3 heterocycles. The molecular formula is C12H13F3N6. The van der Waals surface area contributed by atoms with Crippen LogP contribution in [0.3, 0.4) is 0 Å². The highest BCUT2D eigenvalue weighted by Gasteiger charge is 2.42. The summed E-state index contributed by atoms with van der Waals surface area (Å²) < 4.78 is 39.8. The lowest BCUT2D eigenvalue weighted by atomic mass is 9.98. The lowest BCUT2D eigenvalue weighted by Gasteiger charge is -2.24. The summed E-state index contributed by atoms with van der Waals surface area (Å²) in [5, 5.41) is 12.0. The molecule has 0 saturated heterocycles. The molecule has 1 aliphatic heterocycles. The minimum Gasteiger partial charge on any atom is -0.325 e. The maximum Gasteiger partial charge on any atom is 0.392 e. The van der Waals surface area contributed by atoms with Gasteiger partial charge in [-0.2, -0.15) is 18.3 Å². The van der Waals surface area contributed by atoms with E-state index in [1.54, 1.807) is 12.1 Å². The van der Waals surface area contributed by atoms with Crippen molar-refractivity contribution in [3.8, 4) is 11.5 Å². The summed E-state index contributed by atoms with van der Waals surface area (Å²) >= 11 is 0. The van der Waals surface area contributed by atoms with Gasteiger partial charge in [0.2, 0.25) is 5.82 Å². The van der Waals surface area contributed by atoms with Crippen LogP contribution in [0.15, 0.2) is 12.1 Å². The average molecular weight is 298 g/mol. The van der Waals surface area contributed by atoms with Crippen LogP contribution in [0.5, 0.6) is 0 Å². The number of halogens is 3. The Morgan fingerprint density at radius 3 is 2.71 bits per heavy atom. The van der Waals surface area contributed by atoms with Crippen LogP contribution in [0, 0.1) is 5.92 Å². The molecule has 0 spiro atoms. The van der Waals surface area contributed by atoms with Crippen molar-refractivity contribution in [2.75, 3.05) is 0 Å². The van der Waals surface area contributed by atoms with Crippen LogP contribution < -0.4 is 5.73 Å². The minimum atomic E-state index is -4.19. The Balaban J connectivity index is 1.86. The maximum atomic E-state index is 12.8. The SMILES string of the molecule is NCc1ccc(-c2nc3n(n2)CCC(C(F)(F)F)C3)nn1. The number of hydrogen-bond acceptors (Lipinski definition) is 5. The van der Waals surface area contributed by atoms with Gasteiger partial charge in [0.15, 0.2) is 0 Å². The molecule has 3 rings (SSSR count). The summed E-state index contributed by atoms with van der Waals surface area (Å²) in [6, 6.07) is 3.36. The van der Waals surface area contributed by atoms with Crippen LogP contribution in [-0.4, -0.2) is 31.1 Å².